The van der Waals surface area contributed by atoms with Gasteiger partial charge in [0.2, 0.25) is 11.8 Å². The summed E-state index contributed by atoms with van der Waals surface area (Å²) in [6.45, 7) is 18.3. The van der Waals surface area contributed by atoms with Crippen LogP contribution in [0.2, 0.25) is 0 Å². The molecule has 2 amide bonds. The molecule has 0 aliphatic heterocycles. The molecular weight excluding hydrogens is 516 g/mol. The third-order valence-corrected chi connectivity index (χ3v) is 9.98. The molecule has 0 bridgehead atoms. The summed E-state index contributed by atoms with van der Waals surface area (Å²) in [5, 5.41) is 0. The summed E-state index contributed by atoms with van der Waals surface area (Å²) in [6, 6.07) is 0. The van der Waals surface area contributed by atoms with Gasteiger partial charge in [-0.15, -0.1) is 0 Å². The minimum absolute atomic E-state index is 0.107. The minimum Gasteiger partial charge on any atom is -0.370 e. The SMILES string of the molecule is CC(C)CCCCCC(CCCCCC(C)C)(CCC(N)=O)C(CCCCCC(C)C)(CCCCCC(C)C)C(N)=O. The second-order valence-corrected chi connectivity index (χ2v) is 15.7. The summed E-state index contributed by atoms with van der Waals surface area (Å²) in [7, 11) is 0. The highest BCUT2D eigenvalue weighted by molar-refractivity contribution is 5.82. The van der Waals surface area contributed by atoms with E-state index in [9.17, 15) is 9.59 Å². The van der Waals surface area contributed by atoms with Crippen LogP contribution in [-0.2, 0) is 9.59 Å². The maximum atomic E-state index is 13.9. The lowest BCUT2D eigenvalue weighted by molar-refractivity contribution is -0.142. The van der Waals surface area contributed by atoms with Gasteiger partial charge >= 0.3 is 0 Å². The van der Waals surface area contributed by atoms with Crippen LogP contribution >= 0.6 is 0 Å². The smallest absolute Gasteiger partial charge is 0.224 e. The molecule has 0 aromatic rings. The first-order valence-electron chi connectivity index (χ1n) is 18.4. The average molecular weight is 593 g/mol. The molecule has 42 heavy (non-hydrogen) atoms. The normalized spacial score (nSPS) is 12.8. The summed E-state index contributed by atoms with van der Waals surface area (Å²) < 4.78 is 0. The quantitative estimate of drug-likeness (QED) is 0.0846. The monoisotopic (exact) mass is 593 g/mol. The van der Waals surface area contributed by atoms with E-state index < -0.39 is 5.41 Å². The van der Waals surface area contributed by atoms with E-state index in [1.165, 1.54) is 64.2 Å². The first-order valence-corrected chi connectivity index (χ1v) is 18.4. The predicted molar refractivity (Wildman–Crippen MR) is 184 cm³/mol. The lowest BCUT2D eigenvalue weighted by Crippen LogP contribution is -2.52. The van der Waals surface area contributed by atoms with Crippen LogP contribution in [0.5, 0.6) is 0 Å². The third-order valence-electron chi connectivity index (χ3n) is 9.98. The zero-order valence-electron chi connectivity index (χ0n) is 29.8. The molecule has 0 aliphatic carbocycles. The van der Waals surface area contributed by atoms with Gasteiger partial charge in [0.1, 0.15) is 0 Å². The number of carbonyl (C=O) groups excluding carboxylic acids is 2. The Bertz CT molecular complexity index is 647. The Morgan fingerprint density at radius 3 is 1.02 bits per heavy atom. The van der Waals surface area contributed by atoms with E-state index in [-0.39, 0.29) is 17.2 Å². The molecule has 4 nitrogen and oxygen atoms in total. The molecule has 0 spiro atoms. The lowest BCUT2D eigenvalue weighted by atomic mass is 9.52. The highest BCUT2D eigenvalue weighted by Gasteiger charge is 2.53. The van der Waals surface area contributed by atoms with E-state index in [1.54, 1.807) is 0 Å². The van der Waals surface area contributed by atoms with Gasteiger partial charge in [0.25, 0.3) is 0 Å². The first kappa shape index (κ1) is 40.9. The Morgan fingerprint density at radius 2 is 0.762 bits per heavy atom. The molecule has 4 heteroatoms. The number of nitrogens with two attached hydrogens (primary N) is 2. The van der Waals surface area contributed by atoms with Crippen LogP contribution in [0.3, 0.4) is 0 Å². The van der Waals surface area contributed by atoms with Gasteiger partial charge in [0.05, 0.1) is 5.41 Å². The molecule has 0 aliphatic rings. The number of amides is 2. The Morgan fingerprint density at radius 1 is 0.452 bits per heavy atom. The van der Waals surface area contributed by atoms with Gasteiger partial charge < -0.3 is 11.5 Å². The molecule has 250 valence electrons. The number of unbranched alkanes of at least 4 members (excludes halogenated alkanes) is 8. The van der Waals surface area contributed by atoms with Crippen molar-refractivity contribution < 1.29 is 9.59 Å². The molecule has 0 saturated heterocycles. The van der Waals surface area contributed by atoms with Gasteiger partial charge in [-0.3, -0.25) is 9.59 Å². The van der Waals surface area contributed by atoms with E-state index in [0.29, 0.717) is 36.5 Å². The summed E-state index contributed by atoms with van der Waals surface area (Å²) in [5.41, 5.74) is 11.6. The standard InChI is InChI=1S/C38H76N2O2/c1-31(2)21-13-9-17-26-37(30-25-35(39)41,27-18-10-14-22-32(3)4)38(36(40)42,28-19-11-15-23-33(5)6)29-20-12-16-24-34(7)8/h31-34H,9-30H2,1-8H3,(H2,39,41)(H2,40,42). The van der Waals surface area contributed by atoms with Crippen LogP contribution in [0, 0.1) is 34.5 Å². The fraction of sp³-hybridized carbons (Fsp3) is 0.947. The van der Waals surface area contributed by atoms with E-state index in [0.717, 1.165) is 64.2 Å². The van der Waals surface area contributed by atoms with Gasteiger partial charge in [-0.05, 0) is 61.2 Å². The van der Waals surface area contributed by atoms with E-state index in [1.807, 2.05) is 0 Å². The van der Waals surface area contributed by atoms with Crippen LogP contribution in [0.25, 0.3) is 0 Å². The molecule has 0 atom stereocenters. The number of hydrogen-bond acceptors (Lipinski definition) is 2. The van der Waals surface area contributed by atoms with Crippen molar-refractivity contribution >= 4 is 11.8 Å². The van der Waals surface area contributed by atoms with Crippen molar-refractivity contribution in [3.8, 4) is 0 Å². The number of carbonyl (C=O) groups is 2. The van der Waals surface area contributed by atoms with Crippen molar-refractivity contribution in [3.63, 3.8) is 0 Å². The predicted octanol–water partition coefficient (Wildman–Crippen LogP) is 11.1. The second kappa shape index (κ2) is 23.3. The van der Waals surface area contributed by atoms with Gasteiger partial charge in [-0.25, -0.2) is 0 Å². The summed E-state index contributed by atoms with van der Waals surface area (Å²) in [5.74, 6) is 2.49. The van der Waals surface area contributed by atoms with Crippen molar-refractivity contribution in [3.05, 3.63) is 0 Å². The van der Waals surface area contributed by atoms with Crippen molar-refractivity contribution in [2.24, 2.45) is 46.0 Å². The van der Waals surface area contributed by atoms with Crippen LogP contribution in [0.1, 0.15) is 197 Å². The van der Waals surface area contributed by atoms with Crippen LogP contribution in [0.4, 0.5) is 0 Å². The van der Waals surface area contributed by atoms with Crippen molar-refractivity contribution in [1.29, 1.82) is 0 Å². The third kappa shape index (κ3) is 17.9. The number of hydrogen-bond donors (Lipinski definition) is 2. The molecule has 0 unspecified atom stereocenters. The Balaban J connectivity index is 6.33. The van der Waals surface area contributed by atoms with Crippen molar-refractivity contribution in [1.82, 2.24) is 0 Å². The van der Waals surface area contributed by atoms with Gasteiger partial charge in [-0.1, -0.05) is 158 Å². The summed E-state index contributed by atoms with van der Waals surface area (Å²) in [6.07, 6.45) is 23.5. The average Bonchev–Trinajstić information content (AvgIpc) is 2.88. The maximum absolute atomic E-state index is 13.9. The molecule has 0 heterocycles. The van der Waals surface area contributed by atoms with Crippen LogP contribution in [0.15, 0.2) is 0 Å². The zero-order valence-corrected chi connectivity index (χ0v) is 29.8. The molecule has 0 aromatic carbocycles. The maximum Gasteiger partial charge on any atom is 0.224 e. The van der Waals surface area contributed by atoms with Gasteiger partial charge in [0, 0.05) is 6.42 Å². The number of rotatable bonds is 29. The fourth-order valence-electron chi connectivity index (χ4n) is 7.32. The van der Waals surface area contributed by atoms with Crippen molar-refractivity contribution in [2.75, 3.05) is 0 Å². The summed E-state index contributed by atoms with van der Waals surface area (Å²) in [4.78, 5) is 26.2. The van der Waals surface area contributed by atoms with E-state index in [4.69, 9.17) is 11.5 Å². The Hall–Kier alpha value is -1.06. The Kier molecular flexibility index (Phi) is 22.7. The highest BCUT2D eigenvalue weighted by atomic mass is 16.1. The van der Waals surface area contributed by atoms with Crippen LogP contribution < -0.4 is 11.5 Å². The second-order valence-electron chi connectivity index (χ2n) is 15.7. The highest BCUT2D eigenvalue weighted by Crippen LogP contribution is 2.56. The largest absolute Gasteiger partial charge is 0.370 e. The summed E-state index contributed by atoms with van der Waals surface area (Å²) >= 11 is 0. The molecular formula is C38H76N2O2. The Labute approximate surface area is 263 Å². The number of primary amides is 2. The fourth-order valence-corrected chi connectivity index (χ4v) is 7.32. The molecule has 0 radical (unpaired) electrons. The molecule has 0 fully saturated rings. The van der Waals surface area contributed by atoms with Crippen molar-refractivity contribution in [2.45, 2.75) is 197 Å². The topological polar surface area (TPSA) is 86.2 Å². The van der Waals surface area contributed by atoms with E-state index in [2.05, 4.69) is 55.4 Å². The molecule has 0 rings (SSSR count). The first-order chi connectivity index (χ1) is 19.8. The molecule has 4 N–H and O–H groups in total. The van der Waals surface area contributed by atoms with Gasteiger partial charge in [-0.2, -0.15) is 0 Å². The molecule has 0 aromatic heterocycles. The van der Waals surface area contributed by atoms with Gasteiger partial charge in [0.15, 0.2) is 0 Å². The molecule has 0 saturated carbocycles. The minimum atomic E-state index is -0.561. The zero-order chi connectivity index (χ0) is 32.0. The van der Waals surface area contributed by atoms with Crippen LogP contribution in [-0.4, -0.2) is 11.8 Å². The lowest BCUT2D eigenvalue weighted by Gasteiger charge is -2.50. The van der Waals surface area contributed by atoms with E-state index >= 15 is 0 Å².